The third-order valence-electron chi connectivity index (χ3n) is 4.83. The molecule has 0 spiro atoms. The maximum Gasteiger partial charge on any atom is 0.234 e. The number of amides is 1. The molecule has 0 aliphatic carbocycles. The van der Waals surface area contributed by atoms with Crippen LogP contribution in [0.2, 0.25) is 0 Å². The van der Waals surface area contributed by atoms with E-state index in [4.69, 9.17) is 9.47 Å². The van der Waals surface area contributed by atoms with Gasteiger partial charge in [0.2, 0.25) is 5.91 Å². The summed E-state index contributed by atoms with van der Waals surface area (Å²) < 4.78 is 10.6. The van der Waals surface area contributed by atoms with E-state index in [9.17, 15) is 4.79 Å². The number of nitrogens with one attached hydrogen (secondary N) is 1. The summed E-state index contributed by atoms with van der Waals surface area (Å²) in [6.45, 7) is 4.41. The van der Waals surface area contributed by atoms with Crippen LogP contribution in [0.4, 0.5) is 5.69 Å². The third kappa shape index (κ3) is 5.14. The molecule has 27 heavy (non-hydrogen) atoms. The first-order chi connectivity index (χ1) is 13.2. The van der Waals surface area contributed by atoms with Gasteiger partial charge in [0, 0.05) is 50.0 Å². The van der Waals surface area contributed by atoms with Gasteiger partial charge in [-0.05, 0) is 18.2 Å². The van der Waals surface area contributed by atoms with Gasteiger partial charge in [0.1, 0.15) is 11.5 Å². The lowest BCUT2D eigenvalue weighted by atomic mass is 10.2. The van der Waals surface area contributed by atoms with Gasteiger partial charge in [0.05, 0.1) is 20.8 Å². The van der Waals surface area contributed by atoms with Crippen molar-refractivity contribution in [3.05, 3.63) is 54.1 Å². The molecule has 1 aliphatic rings. The van der Waals surface area contributed by atoms with Gasteiger partial charge in [0.15, 0.2) is 0 Å². The number of piperazine rings is 1. The number of para-hydroxylation sites is 1. The van der Waals surface area contributed by atoms with Crippen LogP contribution in [0.3, 0.4) is 0 Å². The minimum Gasteiger partial charge on any atom is -0.497 e. The van der Waals surface area contributed by atoms with Crippen molar-refractivity contribution in [1.82, 2.24) is 10.2 Å². The van der Waals surface area contributed by atoms with E-state index in [-0.39, 0.29) is 5.91 Å². The molecule has 0 saturated carbocycles. The summed E-state index contributed by atoms with van der Waals surface area (Å²) in [5.74, 6) is 1.70. The van der Waals surface area contributed by atoms with Gasteiger partial charge in [-0.25, -0.2) is 0 Å². The number of carbonyl (C=O) groups excluding carboxylic acids is 1. The van der Waals surface area contributed by atoms with E-state index in [2.05, 4.69) is 27.2 Å². The molecule has 2 aromatic rings. The van der Waals surface area contributed by atoms with Crippen LogP contribution in [0.5, 0.6) is 11.5 Å². The molecule has 3 rings (SSSR count). The fourth-order valence-corrected chi connectivity index (χ4v) is 3.27. The molecule has 1 N–H and O–H groups in total. The molecule has 1 heterocycles. The monoisotopic (exact) mass is 369 g/mol. The molecule has 6 nitrogen and oxygen atoms in total. The van der Waals surface area contributed by atoms with Crippen LogP contribution in [0.1, 0.15) is 5.56 Å². The Morgan fingerprint density at radius 1 is 1.00 bits per heavy atom. The number of hydrogen-bond acceptors (Lipinski definition) is 5. The van der Waals surface area contributed by atoms with E-state index in [1.165, 1.54) is 0 Å². The van der Waals surface area contributed by atoms with E-state index < -0.39 is 0 Å². The van der Waals surface area contributed by atoms with Crippen LogP contribution in [0, 0.1) is 0 Å². The highest BCUT2D eigenvalue weighted by Gasteiger charge is 2.19. The van der Waals surface area contributed by atoms with Crippen LogP contribution in [-0.4, -0.2) is 57.8 Å². The van der Waals surface area contributed by atoms with E-state index in [1.807, 2.05) is 36.4 Å². The van der Waals surface area contributed by atoms with Crippen LogP contribution in [0.15, 0.2) is 48.5 Å². The second-order valence-corrected chi connectivity index (χ2v) is 6.55. The lowest BCUT2D eigenvalue weighted by Gasteiger charge is -2.35. The van der Waals surface area contributed by atoms with Crippen LogP contribution in [0.25, 0.3) is 0 Å². The van der Waals surface area contributed by atoms with Gasteiger partial charge in [-0.2, -0.15) is 0 Å². The zero-order valence-electron chi connectivity index (χ0n) is 16.0. The fourth-order valence-electron chi connectivity index (χ4n) is 3.27. The molecular weight excluding hydrogens is 342 g/mol. The summed E-state index contributed by atoms with van der Waals surface area (Å²) in [6.07, 6.45) is 0. The second kappa shape index (κ2) is 9.28. The standard InChI is InChI=1S/C21H27N3O3/c1-26-19-8-5-7-18(14-19)24-12-10-23(11-13-24)16-21(25)22-15-17-6-3-4-9-20(17)27-2/h3-9,14H,10-13,15-16H2,1-2H3,(H,22,25). The maximum absolute atomic E-state index is 12.3. The molecular formula is C21H27N3O3. The lowest BCUT2D eigenvalue weighted by Crippen LogP contribution is -2.49. The van der Waals surface area contributed by atoms with E-state index in [0.29, 0.717) is 13.1 Å². The van der Waals surface area contributed by atoms with E-state index in [1.54, 1.807) is 14.2 Å². The average molecular weight is 369 g/mol. The topological polar surface area (TPSA) is 54.0 Å². The molecule has 0 unspecified atom stereocenters. The summed E-state index contributed by atoms with van der Waals surface area (Å²) in [5, 5.41) is 2.99. The number of methoxy groups -OCH3 is 2. The van der Waals surface area contributed by atoms with Gasteiger partial charge in [0.25, 0.3) is 0 Å². The number of rotatable bonds is 7. The summed E-state index contributed by atoms with van der Waals surface area (Å²) in [5.41, 5.74) is 2.14. The zero-order chi connectivity index (χ0) is 19.1. The zero-order valence-corrected chi connectivity index (χ0v) is 16.0. The molecule has 1 fully saturated rings. The minimum atomic E-state index is 0.0377. The normalized spacial score (nSPS) is 14.7. The predicted molar refractivity (Wildman–Crippen MR) is 106 cm³/mol. The Hall–Kier alpha value is -2.73. The van der Waals surface area contributed by atoms with Crippen molar-refractivity contribution in [2.75, 3.05) is 51.8 Å². The summed E-state index contributed by atoms with van der Waals surface area (Å²) in [7, 11) is 3.32. The highest BCUT2D eigenvalue weighted by Crippen LogP contribution is 2.22. The van der Waals surface area contributed by atoms with Crippen molar-refractivity contribution >= 4 is 11.6 Å². The molecule has 1 saturated heterocycles. The summed E-state index contributed by atoms with van der Waals surface area (Å²) in [4.78, 5) is 16.8. The molecule has 144 valence electrons. The Bertz CT molecular complexity index is 758. The first-order valence-corrected chi connectivity index (χ1v) is 9.19. The molecule has 2 aromatic carbocycles. The van der Waals surface area contributed by atoms with Gasteiger partial charge >= 0.3 is 0 Å². The highest BCUT2D eigenvalue weighted by atomic mass is 16.5. The Kier molecular flexibility index (Phi) is 6.54. The molecule has 0 radical (unpaired) electrons. The number of ether oxygens (including phenoxy) is 2. The van der Waals surface area contributed by atoms with Gasteiger partial charge in [-0.3, -0.25) is 9.69 Å². The average Bonchev–Trinajstić information content (AvgIpc) is 2.73. The fraction of sp³-hybridized carbons (Fsp3) is 0.381. The van der Waals surface area contributed by atoms with Gasteiger partial charge < -0.3 is 19.7 Å². The van der Waals surface area contributed by atoms with E-state index >= 15 is 0 Å². The van der Waals surface area contributed by atoms with E-state index in [0.717, 1.165) is 48.9 Å². The van der Waals surface area contributed by atoms with Crippen molar-refractivity contribution in [3.63, 3.8) is 0 Å². The molecule has 6 heteroatoms. The third-order valence-corrected chi connectivity index (χ3v) is 4.83. The van der Waals surface area contributed by atoms with Crippen molar-refractivity contribution < 1.29 is 14.3 Å². The summed E-state index contributed by atoms with van der Waals surface area (Å²) >= 11 is 0. The Morgan fingerprint density at radius 3 is 2.52 bits per heavy atom. The Balaban J connectivity index is 1.45. The number of nitrogens with zero attached hydrogens (tertiary/aromatic N) is 2. The molecule has 0 aromatic heterocycles. The van der Waals surface area contributed by atoms with Crippen molar-refractivity contribution in [3.8, 4) is 11.5 Å². The lowest BCUT2D eigenvalue weighted by molar-refractivity contribution is -0.122. The van der Waals surface area contributed by atoms with Crippen LogP contribution < -0.4 is 19.7 Å². The predicted octanol–water partition coefficient (Wildman–Crippen LogP) is 2.14. The molecule has 1 aliphatic heterocycles. The number of hydrogen-bond donors (Lipinski definition) is 1. The molecule has 1 amide bonds. The first kappa shape index (κ1) is 19.0. The van der Waals surface area contributed by atoms with Crippen molar-refractivity contribution in [2.45, 2.75) is 6.54 Å². The second-order valence-electron chi connectivity index (χ2n) is 6.55. The highest BCUT2D eigenvalue weighted by molar-refractivity contribution is 5.78. The van der Waals surface area contributed by atoms with Crippen molar-refractivity contribution in [1.29, 1.82) is 0 Å². The van der Waals surface area contributed by atoms with Crippen LogP contribution >= 0.6 is 0 Å². The maximum atomic E-state index is 12.3. The van der Waals surface area contributed by atoms with Gasteiger partial charge in [-0.1, -0.05) is 24.3 Å². The summed E-state index contributed by atoms with van der Waals surface area (Å²) in [6, 6.07) is 15.8. The van der Waals surface area contributed by atoms with Crippen molar-refractivity contribution in [2.24, 2.45) is 0 Å². The number of carbonyl (C=O) groups is 1. The minimum absolute atomic E-state index is 0.0377. The first-order valence-electron chi connectivity index (χ1n) is 9.19. The smallest absolute Gasteiger partial charge is 0.234 e. The van der Waals surface area contributed by atoms with Crippen LogP contribution in [-0.2, 0) is 11.3 Å². The molecule has 0 bridgehead atoms. The Labute approximate surface area is 160 Å². The number of anilines is 1. The number of benzene rings is 2. The molecule has 0 atom stereocenters. The van der Waals surface area contributed by atoms with Gasteiger partial charge in [-0.15, -0.1) is 0 Å². The largest absolute Gasteiger partial charge is 0.497 e. The Morgan fingerprint density at radius 2 is 1.78 bits per heavy atom. The quantitative estimate of drug-likeness (QED) is 0.810. The SMILES string of the molecule is COc1cccc(N2CCN(CC(=O)NCc3ccccc3OC)CC2)c1.